The molecule has 1 aliphatic rings. The van der Waals surface area contributed by atoms with Crippen LogP contribution in [0.1, 0.15) is 18.4 Å². The van der Waals surface area contributed by atoms with E-state index >= 15 is 0 Å². The summed E-state index contributed by atoms with van der Waals surface area (Å²) in [5.41, 5.74) is 1.41. The minimum atomic E-state index is 0.713. The van der Waals surface area contributed by atoms with Crippen LogP contribution in [-0.2, 0) is 6.42 Å². The van der Waals surface area contributed by atoms with E-state index in [1.54, 1.807) is 0 Å². The van der Waals surface area contributed by atoms with Crippen molar-refractivity contribution in [3.05, 3.63) is 35.9 Å². The van der Waals surface area contributed by atoms with E-state index in [9.17, 15) is 0 Å². The SMILES string of the molecule is N#CN1CCC(CCc2ccccc2)C1. The maximum Gasteiger partial charge on any atom is 0.179 e. The fourth-order valence-electron chi connectivity index (χ4n) is 2.17. The molecule has 1 aromatic rings. The number of likely N-dealkylation sites (tertiary alicyclic amines) is 1. The first kappa shape index (κ1) is 10.0. The van der Waals surface area contributed by atoms with Crippen LogP contribution in [-0.4, -0.2) is 18.0 Å². The maximum absolute atomic E-state index is 8.74. The van der Waals surface area contributed by atoms with Gasteiger partial charge in [-0.3, -0.25) is 0 Å². The normalized spacial score (nSPS) is 20.2. The van der Waals surface area contributed by atoms with Gasteiger partial charge in [-0.15, -0.1) is 0 Å². The molecule has 0 aliphatic carbocycles. The van der Waals surface area contributed by atoms with Crippen molar-refractivity contribution in [3.8, 4) is 6.19 Å². The Kier molecular flexibility index (Phi) is 3.24. The Morgan fingerprint density at radius 3 is 2.80 bits per heavy atom. The molecule has 0 saturated carbocycles. The van der Waals surface area contributed by atoms with E-state index in [2.05, 4.69) is 36.5 Å². The highest BCUT2D eigenvalue weighted by atomic mass is 15.1. The Labute approximate surface area is 91.1 Å². The molecule has 15 heavy (non-hydrogen) atoms. The van der Waals surface area contributed by atoms with Gasteiger partial charge in [0.15, 0.2) is 6.19 Å². The number of benzene rings is 1. The quantitative estimate of drug-likeness (QED) is 0.701. The topological polar surface area (TPSA) is 27.0 Å². The van der Waals surface area contributed by atoms with Crippen molar-refractivity contribution in [2.45, 2.75) is 19.3 Å². The fraction of sp³-hybridized carbons (Fsp3) is 0.462. The Balaban J connectivity index is 1.78. The van der Waals surface area contributed by atoms with Gasteiger partial charge >= 0.3 is 0 Å². The molecule has 1 heterocycles. The minimum absolute atomic E-state index is 0.713. The summed E-state index contributed by atoms with van der Waals surface area (Å²) in [6.45, 7) is 1.92. The lowest BCUT2D eigenvalue weighted by molar-refractivity contribution is 0.441. The molecular weight excluding hydrogens is 184 g/mol. The van der Waals surface area contributed by atoms with E-state index in [1.165, 1.54) is 18.4 Å². The lowest BCUT2D eigenvalue weighted by Crippen LogP contribution is -2.13. The summed E-state index contributed by atoms with van der Waals surface area (Å²) in [7, 11) is 0. The summed E-state index contributed by atoms with van der Waals surface area (Å²) in [5, 5.41) is 8.74. The second kappa shape index (κ2) is 4.84. The van der Waals surface area contributed by atoms with Crippen molar-refractivity contribution in [1.82, 2.24) is 4.90 Å². The van der Waals surface area contributed by atoms with E-state index in [-0.39, 0.29) is 0 Å². The van der Waals surface area contributed by atoms with E-state index in [0.29, 0.717) is 5.92 Å². The molecule has 1 aromatic carbocycles. The molecule has 1 fully saturated rings. The molecule has 0 bridgehead atoms. The number of hydrogen-bond donors (Lipinski definition) is 0. The van der Waals surface area contributed by atoms with Crippen LogP contribution in [0.5, 0.6) is 0 Å². The van der Waals surface area contributed by atoms with Gasteiger partial charge in [0.2, 0.25) is 0 Å². The zero-order chi connectivity index (χ0) is 10.5. The molecule has 1 atom stereocenters. The van der Waals surface area contributed by atoms with Crippen LogP contribution in [0.2, 0.25) is 0 Å². The highest BCUT2D eigenvalue weighted by Crippen LogP contribution is 2.20. The van der Waals surface area contributed by atoms with Crippen LogP contribution >= 0.6 is 0 Å². The van der Waals surface area contributed by atoms with Crippen LogP contribution in [0.3, 0.4) is 0 Å². The van der Waals surface area contributed by atoms with Gasteiger partial charge in [0.25, 0.3) is 0 Å². The lowest BCUT2D eigenvalue weighted by Gasteiger charge is -2.09. The van der Waals surface area contributed by atoms with Crippen molar-refractivity contribution in [2.75, 3.05) is 13.1 Å². The highest BCUT2D eigenvalue weighted by Gasteiger charge is 2.20. The molecule has 1 unspecified atom stereocenters. The third kappa shape index (κ3) is 2.73. The van der Waals surface area contributed by atoms with Crippen molar-refractivity contribution in [1.29, 1.82) is 5.26 Å². The number of rotatable bonds is 3. The summed E-state index contributed by atoms with van der Waals surface area (Å²) in [4.78, 5) is 1.87. The second-order valence-electron chi connectivity index (χ2n) is 4.22. The number of nitriles is 1. The van der Waals surface area contributed by atoms with Crippen molar-refractivity contribution in [3.63, 3.8) is 0 Å². The van der Waals surface area contributed by atoms with Gasteiger partial charge in [0, 0.05) is 13.1 Å². The Bertz CT molecular complexity index is 339. The zero-order valence-electron chi connectivity index (χ0n) is 8.89. The fourth-order valence-corrected chi connectivity index (χ4v) is 2.17. The summed E-state index contributed by atoms with van der Waals surface area (Å²) < 4.78 is 0. The van der Waals surface area contributed by atoms with Gasteiger partial charge < -0.3 is 4.90 Å². The maximum atomic E-state index is 8.74. The van der Waals surface area contributed by atoms with Gasteiger partial charge in [-0.25, -0.2) is 0 Å². The molecule has 78 valence electrons. The summed E-state index contributed by atoms with van der Waals surface area (Å²) in [6, 6.07) is 10.6. The van der Waals surface area contributed by atoms with Crippen LogP contribution < -0.4 is 0 Å². The van der Waals surface area contributed by atoms with Gasteiger partial charge in [0.05, 0.1) is 0 Å². The summed E-state index contributed by atoms with van der Waals surface area (Å²) in [6.07, 6.45) is 5.76. The number of aryl methyl sites for hydroxylation is 1. The van der Waals surface area contributed by atoms with E-state index in [1.807, 2.05) is 4.90 Å². The molecule has 0 aromatic heterocycles. The third-order valence-corrected chi connectivity index (χ3v) is 3.11. The first-order valence-electron chi connectivity index (χ1n) is 5.57. The first-order valence-corrected chi connectivity index (χ1v) is 5.57. The predicted octanol–water partition coefficient (Wildman–Crippen LogP) is 2.42. The van der Waals surface area contributed by atoms with Crippen LogP contribution in [0.15, 0.2) is 30.3 Å². The van der Waals surface area contributed by atoms with E-state index in [4.69, 9.17) is 5.26 Å². The van der Waals surface area contributed by atoms with Crippen molar-refractivity contribution >= 4 is 0 Å². The largest absolute Gasteiger partial charge is 0.310 e. The molecule has 0 spiro atoms. The Hall–Kier alpha value is -1.49. The standard InChI is InChI=1S/C13H16N2/c14-11-15-9-8-13(10-15)7-6-12-4-2-1-3-5-12/h1-5,13H,6-10H2. The number of nitrogens with zero attached hydrogens (tertiary/aromatic N) is 2. The molecule has 0 radical (unpaired) electrons. The lowest BCUT2D eigenvalue weighted by atomic mass is 9.99. The molecule has 2 rings (SSSR count). The Morgan fingerprint density at radius 2 is 2.13 bits per heavy atom. The molecule has 1 saturated heterocycles. The smallest absolute Gasteiger partial charge is 0.179 e. The van der Waals surface area contributed by atoms with Crippen molar-refractivity contribution in [2.24, 2.45) is 5.92 Å². The van der Waals surface area contributed by atoms with Gasteiger partial charge in [-0.2, -0.15) is 5.26 Å². The van der Waals surface area contributed by atoms with Gasteiger partial charge in [0.1, 0.15) is 0 Å². The molecule has 0 amide bonds. The van der Waals surface area contributed by atoms with Gasteiger partial charge in [-0.05, 0) is 30.7 Å². The predicted molar refractivity (Wildman–Crippen MR) is 60.1 cm³/mol. The van der Waals surface area contributed by atoms with Crippen LogP contribution in [0, 0.1) is 17.4 Å². The van der Waals surface area contributed by atoms with Crippen molar-refractivity contribution < 1.29 is 0 Å². The first-order chi connectivity index (χ1) is 7.38. The van der Waals surface area contributed by atoms with Crippen LogP contribution in [0.4, 0.5) is 0 Å². The molecule has 2 heteroatoms. The second-order valence-corrected chi connectivity index (χ2v) is 4.22. The molecular formula is C13H16N2. The average molecular weight is 200 g/mol. The monoisotopic (exact) mass is 200 g/mol. The zero-order valence-corrected chi connectivity index (χ0v) is 8.89. The highest BCUT2D eigenvalue weighted by molar-refractivity contribution is 5.14. The van der Waals surface area contributed by atoms with E-state index < -0.39 is 0 Å². The summed E-state index contributed by atoms with van der Waals surface area (Å²) in [5.74, 6) is 0.713. The Morgan fingerprint density at radius 1 is 1.33 bits per heavy atom. The molecule has 1 aliphatic heterocycles. The van der Waals surface area contributed by atoms with E-state index in [0.717, 1.165) is 19.5 Å². The van der Waals surface area contributed by atoms with Gasteiger partial charge in [-0.1, -0.05) is 30.3 Å². The number of hydrogen-bond acceptors (Lipinski definition) is 2. The molecule has 2 nitrogen and oxygen atoms in total. The average Bonchev–Trinajstić information content (AvgIpc) is 2.76. The van der Waals surface area contributed by atoms with Crippen LogP contribution in [0.25, 0.3) is 0 Å². The third-order valence-electron chi connectivity index (χ3n) is 3.11. The minimum Gasteiger partial charge on any atom is -0.310 e. The summed E-state index contributed by atoms with van der Waals surface area (Å²) >= 11 is 0. The molecule has 0 N–H and O–H groups in total.